The molecule has 0 saturated heterocycles. The minimum atomic E-state index is -0.443. The Labute approximate surface area is 104 Å². The maximum Gasteiger partial charge on any atom is 0.223 e. The van der Waals surface area contributed by atoms with E-state index >= 15 is 0 Å². The molecule has 88 valence electrons. The van der Waals surface area contributed by atoms with Crippen LogP contribution in [-0.4, -0.2) is 9.97 Å². The van der Waals surface area contributed by atoms with Crippen molar-refractivity contribution in [2.24, 2.45) is 0 Å². The molecule has 0 atom stereocenters. The summed E-state index contributed by atoms with van der Waals surface area (Å²) in [6.45, 7) is 0.591. The molecule has 0 fully saturated rings. The summed E-state index contributed by atoms with van der Waals surface area (Å²) in [5, 5.41) is 3.00. The first-order valence-corrected chi connectivity index (χ1v) is 5.66. The van der Waals surface area contributed by atoms with E-state index in [1.54, 1.807) is 0 Å². The lowest BCUT2D eigenvalue weighted by atomic mass is 10.1. The summed E-state index contributed by atoms with van der Waals surface area (Å²) in [5.74, 6) is 0.476. The third-order valence-electron chi connectivity index (χ3n) is 2.25. The molecular weight excluding hydrogens is 241 g/mol. The highest BCUT2D eigenvalue weighted by atomic mass is 35.5. The standard InChI is InChI=1S/C12H11ClFN3/c13-5-9-1-3-10(4-2-9)6-15-12-16-7-11(14)8-17-12/h1-4,7-8H,5-6H2,(H,15,16,17). The molecule has 2 aromatic rings. The van der Waals surface area contributed by atoms with E-state index in [2.05, 4.69) is 15.3 Å². The number of alkyl halides is 1. The van der Waals surface area contributed by atoms with Crippen LogP contribution in [-0.2, 0) is 12.4 Å². The van der Waals surface area contributed by atoms with Crippen molar-refractivity contribution >= 4 is 17.5 Å². The van der Waals surface area contributed by atoms with Gasteiger partial charge in [-0.2, -0.15) is 0 Å². The average Bonchev–Trinajstić information content (AvgIpc) is 2.39. The minimum Gasteiger partial charge on any atom is -0.350 e. The molecule has 1 aromatic heterocycles. The normalized spacial score (nSPS) is 10.2. The Hall–Kier alpha value is -1.68. The van der Waals surface area contributed by atoms with Crippen LogP contribution in [0.1, 0.15) is 11.1 Å². The number of anilines is 1. The van der Waals surface area contributed by atoms with Crippen LogP contribution in [0.5, 0.6) is 0 Å². The van der Waals surface area contributed by atoms with Gasteiger partial charge < -0.3 is 5.32 Å². The zero-order chi connectivity index (χ0) is 12.1. The molecule has 0 aliphatic rings. The van der Waals surface area contributed by atoms with Crippen molar-refractivity contribution in [3.8, 4) is 0 Å². The second-order valence-electron chi connectivity index (χ2n) is 3.53. The smallest absolute Gasteiger partial charge is 0.223 e. The number of rotatable bonds is 4. The summed E-state index contributed by atoms with van der Waals surface area (Å²) in [4.78, 5) is 7.62. The fourth-order valence-corrected chi connectivity index (χ4v) is 1.51. The van der Waals surface area contributed by atoms with Gasteiger partial charge in [-0.3, -0.25) is 0 Å². The van der Waals surface area contributed by atoms with Crippen LogP contribution in [0.3, 0.4) is 0 Å². The Balaban J connectivity index is 1.95. The number of hydrogen-bond donors (Lipinski definition) is 1. The van der Waals surface area contributed by atoms with Crippen LogP contribution in [0.4, 0.5) is 10.3 Å². The molecular formula is C12H11ClFN3. The fourth-order valence-electron chi connectivity index (χ4n) is 1.33. The minimum absolute atomic E-state index is 0.410. The van der Waals surface area contributed by atoms with Crippen LogP contribution in [0.15, 0.2) is 36.7 Å². The summed E-state index contributed by atoms with van der Waals surface area (Å²) in [7, 11) is 0. The van der Waals surface area contributed by atoms with Crippen LogP contribution >= 0.6 is 11.6 Å². The molecule has 1 N–H and O–H groups in total. The highest BCUT2D eigenvalue weighted by Gasteiger charge is 1.97. The Morgan fingerprint density at radius 3 is 2.24 bits per heavy atom. The summed E-state index contributed by atoms with van der Waals surface area (Å²) in [6.07, 6.45) is 2.26. The number of halogens is 2. The van der Waals surface area contributed by atoms with Crippen LogP contribution < -0.4 is 5.32 Å². The molecule has 3 nitrogen and oxygen atoms in total. The molecule has 2 rings (SSSR count). The molecule has 0 radical (unpaired) electrons. The van der Waals surface area contributed by atoms with Crippen molar-refractivity contribution in [3.63, 3.8) is 0 Å². The Morgan fingerprint density at radius 2 is 1.65 bits per heavy atom. The first-order valence-electron chi connectivity index (χ1n) is 5.13. The molecule has 0 aliphatic carbocycles. The molecule has 0 amide bonds. The predicted octanol–water partition coefficient (Wildman–Crippen LogP) is 2.97. The van der Waals surface area contributed by atoms with Gasteiger partial charge in [-0.1, -0.05) is 24.3 Å². The van der Waals surface area contributed by atoms with E-state index in [4.69, 9.17) is 11.6 Å². The molecule has 1 heterocycles. The van der Waals surface area contributed by atoms with Crippen LogP contribution in [0.25, 0.3) is 0 Å². The van der Waals surface area contributed by atoms with Crippen molar-refractivity contribution in [1.29, 1.82) is 0 Å². The quantitative estimate of drug-likeness (QED) is 0.849. The number of aromatic nitrogens is 2. The van der Waals surface area contributed by atoms with Crippen molar-refractivity contribution in [3.05, 3.63) is 53.6 Å². The van der Waals surface area contributed by atoms with Crippen molar-refractivity contribution in [1.82, 2.24) is 9.97 Å². The molecule has 0 unspecified atom stereocenters. The Morgan fingerprint density at radius 1 is 1.06 bits per heavy atom. The molecule has 0 spiro atoms. The van der Waals surface area contributed by atoms with Gasteiger partial charge in [-0.25, -0.2) is 14.4 Å². The monoisotopic (exact) mass is 251 g/mol. The predicted molar refractivity (Wildman–Crippen MR) is 65.3 cm³/mol. The van der Waals surface area contributed by atoms with Crippen molar-refractivity contribution < 1.29 is 4.39 Å². The van der Waals surface area contributed by atoms with E-state index in [9.17, 15) is 4.39 Å². The largest absolute Gasteiger partial charge is 0.350 e. The van der Waals surface area contributed by atoms with E-state index in [1.807, 2.05) is 24.3 Å². The molecule has 0 bridgehead atoms. The van der Waals surface area contributed by atoms with Gasteiger partial charge in [0.05, 0.1) is 12.4 Å². The van der Waals surface area contributed by atoms with Gasteiger partial charge >= 0.3 is 0 Å². The molecule has 0 aliphatic heterocycles. The molecule has 17 heavy (non-hydrogen) atoms. The topological polar surface area (TPSA) is 37.8 Å². The van der Waals surface area contributed by atoms with Crippen LogP contribution in [0, 0.1) is 5.82 Å². The lowest BCUT2D eigenvalue weighted by Crippen LogP contribution is -2.03. The first kappa shape index (κ1) is 11.8. The maximum absolute atomic E-state index is 12.6. The third kappa shape index (κ3) is 3.39. The molecule has 5 heteroatoms. The second-order valence-corrected chi connectivity index (χ2v) is 3.80. The fraction of sp³-hybridized carbons (Fsp3) is 0.167. The van der Waals surface area contributed by atoms with Crippen molar-refractivity contribution in [2.45, 2.75) is 12.4 Å². The third-order valence-corrected chi connectivity index (χ3v) is 2.56. The number of benzene rings is 1. The number of hydrogen-bond acceptors (Lipinski definition) is 3. The van der Waals surface area contributed by atoms with E-state index in [0.717, 1.165) is 23.5 Å². The van der Waals surface area contributed by atoms with E-state index in [1.165, 1.54) is 0 Å². The van der Waals surface area contributed by atoms with Gasteiger partial charge in [-0.05, 0) is 11.1 Å². The summed E-state index contributed by atoms with van der Waals surface area (Å²) < 4.78 is 12.6. The van der Waals surface area contributed by atoms with Gasteiger partial charge in [0.2, 0.25) is 5.95 Å². The van der Waals surface area contributed by atoms with E-state index in [-0.39, 0.29) is 0 Å². The first-order chi connectivity index (χ1) is 8.28. The van der Waals surface area contributed by atoms with Crippen LogP contribution in [0.2, 0.25) is 0 Å². The number of nitrogens with zero attached hydrogens (tertiary/aromatic N) is 2. The van der Waals surface area contributed by atoms with Gasteiger partial charge in [-0.15, -0.1) is 11.6 Å². The summed E-state index contributed by atoms with van der Waals surface area (Å²) in [5.41, 5.74) is 2.17. The molecule has 0 saturated carbocycles. The summed E-state index contributed by atoms with van der Waals surface area (Å²) >= 11 is 5.70. The zero-order valence-corrected chi connectivity index (χ0v) is 9.78. The van der Waals surface area contributed by atoms with Gasteiger partial charge in [0.25, 0.3) is 0 Å². The summed E-state index contributed by atoms with van der Waals surface area (Å²) in [6, 6.07) is 7.90. The SMILES string of the molecule is Fc1cnc(NCc2ccc(CCl)cc2)nc1. The van der Waals surface area contributed by atoms with Crippen molar-refractivity contribution in [2.75, 3.05) is 5.32 Å². The average molecular weight is 252 g/mol. The van der Waals surface area contributed by atoms with Gasteiger partial charge in [0.1, 0.15) is 0 Å². The zero-order valence-electron chi connectivity index (χ0n) is 9.03. The Kier molecular flexibility index (Phi) is 3.88. The lowest BCUT2D eigenvalue weighted by Gasteiger charge is -2.05. The van der Waals surface area contributed by atoms with Gasteiger partial charge in [0, 0.05) is 12.4 Å². The maximum atomic E-state index is 12.6. The highest BCUT2D eigenvalue weighted by Crippen LogP contribution is 2.08. The second kappa shape index (κ2) is 5.59. The van der Waals surface area contributed by atoms with Gasteiger partial charge in [0.15, 0.2) is 5.82 Å². The number of nitrogens with one attached hydrogen (secondary N) is 1. The molecule has 1 aromatic carbocycles. The Bertz CT molecular complexity index is 470. The highest BCUT2D eigenvalue weighted by molar-refractivity contribution is 6.17. The van der Waals surface area contributed by atoms with E-state index in [0.29, 0.717) is 18.4 Å². The lowest BCUT2D eigenvalue weighted by molar-refractivity contribution is 0.614. The van der Waals surface area contributed by atoms with E-state index < -0.39 is 5.82 Å².